The molecule has 1 unspecified atom stereocenters. The second-order valence-electron chi connectivity index (χ2n) is 15.2. The number of ether oxygens (including phenoxy) is 4. The SMILES string of the molecule is CC(C)(C)OC(=O)N[C@H](Cc1cc(I)c(Oc2cc(I)c(O)c(I)c2)c(I)c1)C(=O)O.CC(N)CN.O=C(O)c1cccc2c1C(=O)OC21c2ccc(O)cc2Oc2cc(O)ccc21. The van der Waals surface area contributed by atoms with Crippen molar-refractivity contribution in [2.75, 3.05) is 6.54 Å². The number of aliphatic carboxylic acids is 1. The number of phenols is 3. The van der Waals surface area contributed by atoms with Crippen LogP contribution in [0.25, 0.3) is 0 Å². The maximum absolute atomic E-state index is 12.8. The van der Waals surface area contributed by atoms with E-state index in [2.05, 4.69) is 50.5 Å². The Balaban J connectivity index is 0.000000218. The fourth-order valence-electron chi connectivity index (χ4n) is 6.36. The van der Waals surface area contributed by atoms with Gasteiger partial charge in [0.15, 0.2) is 11.4 Å². The average molecular weight is 1330 g/mol. The number of carboxylic acid groups (broad SMARTS) is 2. The molecule has 10 N–H and O–H groups in total. The number of rotatable bonds is 8. The lowest BCUT2D eigenvalue weighted by Gasteiger charge is -2.36. The highest BCUT2D eigenvalue weighted by Gasteiger charge is 2.54. The predicted molar refractivity (Wildman–Crippen MR) is 268 cm³/mol. The van der Waals surface area contributed by atoms with Crippen LogP contribution in [0.15, 0.2) is 78.9 Å². The molecule has 0 aliphatic carbocycles. The Labute approximate surface area is 421 Å². The summed E-state index contributed by atoms with van der Waals surface area (Å²) in [5.41, 5.74) is 9.82. The fraction of sp³-hybridized carbons (Fsp3) is 0.227. The zero-order valence-electron chi connectivity index (χ0n) is 34.2. The van der Waals surface area contributed by atoms with Gasteiger partial charge in [-0.3, -0.25) is 0 Å². The van der Waals surface area contributed by atoms with Crippen molar-refractivity contribution >= 4 is 114 Å². The van der Waals surface area contributed by atoms with Crippen LogP contribution >= 0.6 is 90.4 Å². The molecule has 0 bridgehead atoms. The number of carbonyl (C=O) groups is 4. The van der Waals surface area contributed by atoms with Crippen molar-refractivity contribution in [3.05, 3.63) is 127 Å². The van der Waals surface area contributed by atoms with Gasteiger partial charge in [0.1, 0.15) is 46.1 Å². The Kier molecular flexibility index (Phi) is 16.5. The molecule has 0 radical (unpaired) electrons. The second-order valence-corrected chi connectivity index (χ2v) is 19.9. The molecule has 1 spiro atoms. The lowest BCUT2D eigenvalue weighted by molar-refractivity contribution is -0.139. The number of phenolic OH excluding ortho intramolecular Hbond substituents is 3. The molecule has 2 heterocycles. The summed E-state index contributed by atoms with van der Waals surface area (Å²) in [6.45, 7) is 7.59. The summed E-state index contributed by atoms with van der Waals surface area (Å²) in [4.78, 5) is 48.1. The van der Waals surface area contributed by atoms with E-state index in [0.717, 1.165) is 12.7 Å². The monoisotopic (exact) mass is 1330 g/mol. The number of nitrogens with one attached hydrogen (secondary N) is 1. The molecule has 64 heavy (non-hydrogen) atoms. The smallest absolute Gasteiger partial charge is 0.408 e. The summed E-state index contributed by atoms with van der Waals surface area (Å²) >= 11 is 8.33. The Hall–Kier alpha value is -4.38. The van der Waals surface area contributed by atoms with E-state index in [4.69, 9.17) is 30.4 Å². The summed E-state index contributed by atoms with van der Waals surface area (Å²) in [6, 6.07) is 19.4. The van der Waals surface area contributed by atoms with Crippen molar-refractivity contribution in [1.29, 1.82) is 0 Å². The highest BCUT2D eigenvalue weighted by molar-refractivity contribution is 14.1. The number of nitrogens with two attached hydrogens (primary N) is 2. The van der Waals surface area contributed by atoms with E-state index in [9.17, 15) is 44.7 Å². The van der Waals surface area contributed by atoms with E-state index >= 15 is 0 Å². The normalized spacial score (nSPS) is 13.8. The topological polar surface area (TPSA) is 270 Å². The number of aromatic hydroxyl groups is 3. The van der Waals surface area contributed by atoms with E-state index in [1.807, 2.05) is 64.2 Å². The first-order valence-corrected chi connectivity index (χ1v) is 23.2. The minimum absolute atomic E-state index is 0.0325. The zero-order valence-corrected chi connectivity index (χ0v) is 42.9. The van der Waals surface area contributed by atoms with Gasteiger partial charge in [0.25, 0.3) is 0 Å². The molecule has 338 valence electrons. The molecule has 0 fully saturated rings. The van der Waals surface area contributed by atoms with Gasteiger partial charge < -0.3 is 61.3 Å². The molecular formula is C44H41I4N3O13. The van der Waals surface area contributed by atoms with Gasteiger partial charge >= 0.3 is 24.0 Å². The molecule has 7 rings (SSSR count). The van der Waals surface area contributed by atoms with Crippen molar-refractivity contribution in [3.8, 4) is 40.2 Å². The standard InChI is InChI=1S/C21H12O7.C20H19I4NO6.C3H10N2/c22-10-4-6-13-16(8-10)27-17-9-11(23)5-7-14(17)21(13)15-3-1-2-12(19(24)25)18(15)20(26)28-21;1-20(2,3)31-19(29)25-15(18(27)28)6-9-4-13(23)17(14(24)5-9)30-10-7-11(21)16(26)12(22)8-10;1-3(5)2-4/h1-9,22-23H,(H,24,25);4-5,7-8,15,26H,6H2,1-3H3,(H,25,29)(H,27,28);3H,2,4-5H2,1H3/t;15-;/m.1./s1. The van der Waals surface area contributed by atoms with Gasteiger partial charge in [0, 0.05) is 47.8 Å². The highest BCUT2D eigenvalue weighted by atomic mass is 127. The van der Waals surface area contributed by atoms with E-state index < -0.39 is 41.2 Å². The zero-order chi connectivity index (χ0) is 47.4. The molecule has 5 aromatic rings. The van der Waals surface area contributed by atoms with Crippen LogP contribution in [-0.4, -0.2) is 73.8 Å². The number of benzene rings is 5. The van der Waals surface area contributed by atoms with Gasteiger partial charge in [0.05, 0.1) is 25.4 Å². The lowest BCUT2D eigenvalue weighted by atomic mass is 9.77. The summed E-state index contributed by atoms with van der Waals surface area (Å²) in [5.74, 6) is -1.36. The molecule has 2 atom stereocenters. The first-order chi connectivity index (χ1) is 29.9. The fourth-order valence-corrected chi connectivity index (χ4v) is 10.2. The van der Waals surface area contributed by atoms with E-state index in [1.165, 1.54) is 30.3 Å². The summed E-state index contributed by atoms with van der Waals surface area (Å²) in [7, 11) is 0. The number of hydrogen-bond donors (Lipinski definition) is 8. The number of aromatic carboxylic acids is 1. The first-order valence-electron chi connectivity index (χ1n) is 18.9. The van der Waals surface area contributed by atoms with Crippen molar-refractivity contribution < 1.29 is 63.7 Å². The predicted octanol–water partition coefficient (Wildman–Crippen LogP) is 8.78. The summed E-state index contributed by atoms with van der Waals surface area (Å²) in [5, 5.41) is 51.1. The number of fused-ring (bicyclic) bond motifs is 6. The van der Waals surface area contributed by atoms with Crippen LogP contribution in [-0.2, 0) is 26.3 Å². The Bertz CT molecular complexity index is 2540. The van der Waals surface area contributed by atoms with Crippen LogP contribution < -0.4 is 26.3 Å². The molecule has 16 nitrogen and oxygen atoms in total. The molecule has 0 saturated carbocycles. The van der Waals surface area contributed by atoms with Gasteiger partial charge in [0.2, 0.25) is 0 Å². The molecule has 2 aliphatic heterocycles. The molecule has 2 aliphatic rings. The van der Waals surface area contributed by atoms with Gasteiger partial charge in [-0.05, 0) is 178 Å². The van der Waals surface area contributed by atoms with Crippen LogP contribution in [0.4, 0.5) is 4.79 Å². The molecule has 20 heteroatoms. The van der Waals surface area contributed by atoms with Crippen molar-refractivity contribution in [2.24, 2.45) is 11.5 Å². The van der Waals surface area contributed by atoms with Crippen LogP contribution in [0.1, 0.15) is 70.7 Å². The van der Waals surface area contributed by atoms with Gasteiger partial charge in [-0.1, -0.05) is 12.1 Å². The van der Waals surface area contributed by atoms with E-state index in [1.54, 1.807) is 57.2 Å². The summed E-state index contributed by atoms with van der Waals surface area (Å²) in [6.07, 6.45) is -0.684. The molecular weight excluding hydrogens is 1290 g/mol. The number of esters is 1. The Morgan fingerprint density at radius 3 is 1.81 bits per heavy atom. The van der Waals surface area contributed by atoms with Gasteiger partial charge in [-0.25, -0.2) is 19.2 Å². The van der Waals surface area contributed by atoms with Gasteiger partial charge in [-0.15, -0.1) is 0 Å². The third-order valence-electron chi connectivity index (χ3n) is 9.10. The number of alkyl carbamates (subject to hydrolysis) is 1. The van der Waals surface area contributed by atoms with Crippen molar-refractivity contribution in [2.45, 2.75) is 57.4 Å². The number of carboxylic acids is 2. The second kappa shape index (κ2) is 20.8. The van der Waals surface area contributed by atoms with Crippen LogP contribution in [0.2, 0.25) is 0 Å². The number of halogens is 4. The molecule has 1 amide bonds. The maximum atomic E-state index is 12.8. The number of amides is 1. The minimum atomic E-state index is -1.46. The quantitative estimate of drug-likeness (QED) is 0.0533. The largest absolute Gasteiger partial charge is 0.508 e. The third-order valence-corrected chi connectivity index (χ3v) is 12.3. The average Bonchev–Trinajstić information content (AvgIpc) is 3.49. The molecule has 0 aromatic heterocycles. The molecule has 0 saturated heterocycles. The Morgan fingerprint density at radius 2 is 1.34 bits per heavy atom. The van der Waals surface area contributed by atoms with Crippen LogP contribution in [0.5, 0.6) is 40.2 Å². The van der Waals surface area contributed by atoms with E-state index in [0.29, 0.717) is 41.9 Å². The van der Waals surface area contributed by atoms with Crippen LogP contribution in [0.3, 0.4) is 0 Å². The highest BCUT2D eigenvalue weighted by Crippen LogP contribution is 2.57. The molecule has 5 aromatic carbocycles. The maximum Gasteiger partial charge on any atom is 0.408 e. The van der Waals surface area contributed by atoms with Crippen molar-refractivity contribution in [3.63, 3.8) is 0 Å². The minimum Gasteiger partial charge on any atom is -0.508 e. The van der Waals surface area contributed by atoms with Crippen LogP contribution in [0, 0.1) is 14.3 Å². The third kappa shape index (κ3) is 11.7. The first kappa shape index (κ1) is 50.6. The Morgan fingerprint density at radius 1 is 0.812 bits per heavy atom. The summed E-state index contributed by atoms with van der Waals surface area (Å²) < 4.78 is 25.8. The van der Waals surface area contributed by atoms with Crippen molar-refractivity contribution in [1.82, 2.24) is 5.32 Å². The lowest BCUT2D eigenvalue weighted by Crippen LogP contribution is -2.44. The number of carbonyl (C=O) groups excluding carboxylic acids is 2. The number of hydrogen-bond acceptors (Lipinski definition) is 13. The van der Waals surface area contributed by atoms with E-state index in [-0.39, 0.29) is 52.3 Å². The van der Waals surface area contributed by atoms with Gasteiger partial charge in [-0.2, -0.15) is 0 Å².